The number of hydrogen-bond acceptors (Lipinski definition) is 6. The van der Waals surface area contributed by atoms with Gasteiger partial charge in [0.15, 0.2) is 5.16 Å². The molecule has 0 aliphatic carbocycles. The van der Waals surface area contributed by atoms with Crippen LogP contribution in [0, 0.1) is 0 Å². The molecule has 2 aromatic heterocycles. The maximum Gasteiger partial charge on any atom is 0.267 e. The third-order valence-electron chi connectivity index (χ3n) is 4.66. The number of hydrogen-bond donors (Lipinski definition) is 1. The summed E-state index contributed by atoms with van der Waals surface area (Å²) in [5.74, 6) is 0.491. The van der Waals surface area contributed by atoms with Crippen molar-refractivity contribution in [3.63, 3.8) is 0 Å². The van der Waals surface area contributed by atoms with Gasteiger partial charge in [-0.05, 0) is 36.8 Å². The number of ether oxygens (including phenoxy) is 1. The van der Waals surface area contributed by atoms with E-state index in [2.05, 4.69) is 12.2 Å². The van der Waals surface area contributed by atoms with Gasteiger partial charge in [0.1, 0.15) is 10.6 Å². The molecule has 0 spiro atoms. The SMILES string of the molecule is CCc1cc2c(=O)n(-c3ccccc3)c(SCC(=O)Nc3ccccc3OC)nc2s1. The number of aromatic nitrogens is 2. The number of thioether (sulfide) groups is 1. The number of nitrogens with one attached hydrogen (secondary N) is 1. The summed E-state index contributed by atoms with van der Waals surface area (Å²) in [7, 11) is 1.56. The first-order valence-corrected chi connectivity index (χ1v) is 11.6. The number of thiophene rings is 1. The van der Waals surface area contributed by atoms with E-state index in [0.29, 0.717) is 26.8 Å². The smallest absolute Gasteiger partial charge is 0.267 e. The Morgan fingerprint density at radius 3 is 2.65 bits per heavy atom. The number of para-hydroxylation sites is 3. The molecular weight excluding hydrogens is 430 g/mol. The molecule has 2 aromatic carbocycles. The van der Waals surface area contributed by atoms with E-state index < -0.39 is 0 Å². The van der Waals surface area contributed by atoms with E-state index in [9.17, 15) is 9.59 Å². The topological polar surface area (TPSA) is 73.2 Å². The first-order chi connectivity index (χ1) is 15.1. The molecule has 0 atom stereocenters. The summed E-state index contributed by atoms with van der Waals surface area (Å²) in [6.07, 6.45) is 0.843. The molecule has 0 radical (unpaired) electrons. The predicted octanol–water partition coefficient (Wildman–Crippen LogP) is 4.75. The summed E-state index contributed by atoms with van der Waals surface area (Å²) in [4.78, 5) is 32.4. The van der Waals surface area contributed by atoms with Crippen LogP contribution in [0.4, 0.5) is 5.69 Å². The molecule has 0 aliphatic heterocycles. The van der Waals surface area contributed by atoms with Gasteiger partial charge in [0.2, 0.25) is 5.91 Å². The number of fused-ring (bicyclic) bond motifs is 1. The highest BCUT2D eigenvalue weighted by Gasteiger charge is 2.17. The van der Waals surface area contributed by atoms with E-state index >= 15 is 0 Å². The fourth-order valence-electron chi connectivity index (χ4n) is 3.15. The zero-order chi connectivity index (χ0) is 21.8. The highest BCUT2D eigenvalue weighted by molar-refractivity contribution is 7.99. The zero-order valence-electron chi connectivity index (χ0n) is 17.1. The van der Waals surface area contributed by atoms with Crippen LogP contribution >= 0.6 is 23.1 Å². The van der Waals surface area contributed by atoms with Gasteiger partial charge in [-0.3, -0.25) is 14.2 Å². The predicted molar refractivity (Wildman–Crippen MR) is 127 cm³/mol. The van der Waals surface area contributed by atoms with Gasteiger partial charge in [-0.1, -0.05) is 49.0 Å². The Labute approximate surface area is 187 Å². The van der Waals surface area contributed by atoms with Gasteiger partial charge in [0.05, 0.1) is 29.6 Å². The van der Waals surface area contributed by atoms with Gasteiger partial charge in [0.25, 0.3) is 5.56 Å². The Hall–Kier alpha value is -3.10. The second kappa shape index (κ2) is 9.36. The van der Waals surface area contributed by atoms with Crippen molar-refractivity contribution in [3.05, 3.63) is 75.9 Å². The molecule has 4 aromatic rings. The van der Waals surface area contributed by atoms with Crippen LogP contribution in [0.25, 0.3) is 15.9 Å². The largest absolute Gasteiger partial charge is 0.495 e. The van der Waals surface area contributed by atoms with Crippen LogP contribution in [0.15, 0.2) is 70.6 Å². The summed E-state index contributed by atoms with van der Waals surface area (Å²) >= 11 is 2.75. The first kappa shape index (κ1) is 21.1. The van der Waals surface area contributed by atoms with Crippen LogP contribution in [0.2, 0.25) is 0 Å². The summed E-state index contributed by atoms with van der Waals surface area (Å²) < 4.78 is 6.86. The molecule has 0 fully saturated rings. The van der Waals surface area contributed by atoms with Gasteiger partial charge in [0, 0.05) is 4.88 Å². The van der Waals surface area contributed by atoms with Crippen molar-refractivity contribution in [2.75, 3.05) is 18.2 Å². The molecule has 0 saturated heterocycles. The molecule has 1 amide bonds. The second-order valence-electron chi connectivity index (χ2n) is 6.69. The van der Waals surface area contributed by atoms with Crippen LogP contribution in [0.5, 0.6) is 5.75 Å². The number of methoxy groups -OCH3 is 1. The normalized spacial score (nSPS) is 10.9. The van der Waals surface area contributed by atoms with Crippen molar-refractivity contribution in [2.24, 2.45) is 0 Å². The molecule has 1 N–H and O–H groups in total. The Bertz CT molecular complexity index is 1280. The highest BCUT2D eigenvalue weighted by Crippen LogP contribution is 2.27. The lowest BCUT2D eigenvalue weighted by molar-refractivity contribution is -0.113. The molecule has 8 heteroatoms. The molecular formula is C23H21N3O3S2. The molecule has 4 rings (SSSR count). The lowest BCUT2D eigenvalue weighted by Gasteiger charge is -2.12. The van der Waals surface area contributed by atoms with Crippen molar-refractivity contribution in [1.29, 1.82) is 0 Å². The molecule has 2 heterocycles. The van der Waals surface area contributed by atoms with Crippen molar-refractivity contribution in [3.8, 4) is 11.4 Å². The van der Waals surface area contributed by atoms with Crippen LogP contribution in [-0.4, -0.2) is 28.3 Å². The van der Waals surface area contributed by atoms with Gasteiger partial charge in [-0.15, -0.1) is 11.3 Å². The minimum atomic E-state index is -0.205. The number of anilines is 1. The minimum absolute atomic E-state index is 0.106. The summed E-state index contributed by atoms with van der Waals surface area (Å²) in [5.41, 5.74) is 1.20. The Balaban J connectivity index is 1.66. The number of aryl methyl sites for hydroxylation is 1. The number of benzene rings is 2. The molecule has 158 valence electrons. The number of carbonyl (C=O) groups excluding carboxylic acids is 1. The maximum absolute atomic E-state index is 13.3. The van der Waals surface area contributed by atoms with Crippen LogP contribution < -0.4 is 15.6 Å². The van der Waals surface area contributed by atoms with Crippen LogP contribution in [0.3, 0.4) is 0 Å². The highest BCUT2D eigenvalue weighted by atomic mass is 32.2. The third kappa shape index (κ3) is 4.50. The quantitative estimate of drug-likeness (QED) is 0.324. The average molecular weight is 452 g/mol. The van der Waals surface area contributed by atoms with E-state index in [0.717, 1.165) is 17.0 Å². The molecule has 0 aliphatic rings. The summed E-state index contributed by atoms with van der Waals surface area (Å²) in [6, 6.07) is 18.5. The van der Waals surface area contributed by atoms with Gasteiger partial charge in [-0.2, -0.15) is 0 Å². The van der Waals surface area contributed by atoms with E-state index in [1.165, 1.54) is 23.1 Å². The van der Waals surface area contributed by atoms with Crippen molar-refractivity contribution < 1.29 is 9.53 Å². The third-order valence-corrected chi connectivity index (χ3v) is 6.77. The van der Waals surface area contributed by atoms with Crippen molar-refractivity contribution >= 4 is 44.9 Å². The van der Waals surface area contributed by atoms with E-state index in [1.54, 1.807) is 23.8 Å². The molecule has 31 heavy (non-hydrogen) atoms. The van der Waals surface area contributed by atoms with Crippen LogP contribution in [-0.2, 0) is 11.2 Å². The van der Waals surface area contributed by atoms with Gasteiger partial charge in [-0.25, -0.2) is 4.98 Å². The maximum atomic E-state index is 13.3. The van der Waals surface area contributed by atoms with Crippen LogP contribution in [0.1, 0.15) is 11.8 Å². The Kier molecular flexibility index (Phi) is 6.39. The van der Waals surface area contributed by atoms with Gasteiger partial charge < -0.3 is 10.1 Å². The van der Waals surface area contributed by atoms with Gasteiger partial charge >= 0.3 is 0 Å². The standard InChI is InChI=1S/C23H21N3O3S2/c1-3-16-13-17-21(31-16)25-23(26(22(17)28)15-9-5-4-6-10-15)30-14-20(27)24-18-11-7-8-12-19(18)29-2/h4-13H,3,14H2,1-2H3,(H,24,27). The lowest BCUT2D eigenvalue weighted by atomic mass is 10.3. The first-order valence-electron chi connectivity index (χ1n) is 9.77. The van der Waals surface area contributed by atoms with Crippen molar-refractivity contribution in [2.45, 2.75) is 18.5 Å². The molecule has 0 saturated carbocycles. The minimum Gasteiger partial charge on any atom is -0.495 e. The van der Waals surface area contributed by atoms with E-state index in [-0.39, 0.29) is 17.2 Å². The summed E-state index contributed by atoms with van der Waals surface area (Å²) in [5, 5.41) is 3.95. The number of carbonyl (C=O) groups is 1. The van der Waals surface area contributed by atoms with E-state index in [4.69, 9.17) is 9.72 Å². The molecule has 6 nitrogen and oxygen atoms in total. The number of rotatable bonds is 7. The average Bonchev–Trinajstić information content (AvgIpc) is 3.22. The monoisotopic (exact) mass is 451 g/mol. The number of amides is 1. The fourth-order valence-corrected chi connectivity index (χ4v) is 4.97. The number of nitrogens with zero attached hydrogens (tertiary/aromatic N) is 2. The summed E-state index contributed by atoms with van der Waals surface area (Å²) in [6.45, 7) is 2.05. The molecule has 0 unspecified atom stereocenters. The Morgan fingerprint density at radius 1 is 1.16 bits per heavy atom. The van der Waals surface area contributed by atoms with Crippen molar-refractivity contribution in [1.82, 2.24) is 9.55 Å². The fraction of sp³-hybridized carbons (Fsp3) is 0.174. The Morgan fingerprint density at radius 2 is 1.90 bits per heavy atom. The lowest BCUT2D eigenvalue weighted by Crippen LogP contribution is -2.22. The van der Waals surface area contributed by atoms with E-state index in [1.807, 2.05) is 48.5 Å². The zero-order valence-corrected chi connectivity index (χ0v) is 18.8. The molecule has 0 bridgehead atoms. The second-order valence-corrected chi connectivity index (χ2v) is 8.75.